The molecule has 0 aliphatic carbocycles. The molecule has 0 N–H and O–H groups in total. The summed E-state index contributed by atoms with van der Waals surface area (Å²) in [5, 5.41) is 0. The van der Waals surface area contributed by atoms with Gasteiger partial charge in [0.25, 0.3) is 0 Å². The number of rotatable bonds is 17. The van der Waals surface area contributed by atoms with Crippen LogP contribution < -0.4 is 18.9 Å². The number of ether oxygens (including phenoxy) is 4. The predicted octanol–water partition coefficient (Wildman–Crippen LogP) is 9.38. The first-order valence-electron chi connectivity index (χ1n) is 19.2. The van der Waals surface area contributed by atoms with Crippen molar-refractivity contribution in [3.63, 3.8) is 0 Å². The zero-order valence-electron chi connectivity index (χ0n) is 31.1. The first-order chi connectivity index (χ1) is 26.7. The van der Waals surface area contributed by atoms with Crippen molar-refractivity contribution in [2.75, 3.05) is 52.5 Å². The van der Waals surface area contributed by atoms with Gasteiger partial charge in [0.15, 0.2) is 5.75 Å². The molecule has 0 unspecified atom stereocenters. The zero-order valence-corrected chi connectivity index (χ0v) is 31.1. The Balaban J connectivity index is 1.27. The molecule has 13 heteroatoms. The van der Waals surface area contributed by atoms with Gasteiger partial charge in [-0.3, -0.25) is 14.8 Å². The smallest absolute Gasteiger partial charge is 0.419 e. The molecule has 2 fully saturated rings. The van der Waals surface area contributed by atoms with Crippen molar-refractivity contribution in [2.24, 2.45) is 0 Å². The number of fused-ring (bicyclic) bond motifs is 1. The van der Waals surface area contributed by atoms with E-state index in [-0.39, 0.29) is 18.1 Å². The van der Waals surface area contributed by atoms with Crippen LogP contribution >= 0.6 is 0 Å². The Hall–Kier alpha value is -4.88. The van der Waals surface area contributed by atoms with Gasteiger partial charge in [0.2, 0.25) is 0 Å². The summed E-state index contributed by atoms with van der Waals surface area (Å²) >= 11 is 0. The molecule has 55 heavy (non-hydrogen) atoms. The SMILES string of the molecule is CCCCn1c(-c2ccc(Oc3ccc(F)c(C(F)(F)F)c3)cc2OCc2ccccn2)nc2c(OCCN3CCCC3)cc(OCCN3CCCC3)cc21. The standard InChI is InChI=1S/C42H47F4N5O4/c1-2-3-20-51-37-26-33(52-23-21-49-16-6-7-17-49)28-39(53-24-22-50-18-8-9-19-50)40(37)48-41(51)34-13-11-32(27-38(34)54-29-30-10-4-5-15-47-30)55-31-12-14-36(43)35(25-31)42(44,45)46/h4-5,10-15,25-28H,2-3,6-9,16-24,29H2,1H3. The number of pyridine rings is 1. The lowest BCUT2D eigenvalue weighted by molar-refractivity contribution is -0.140. The normalized spacial score (nSPS) is 15.2. The third-order valence-electron chi connectivity index (χ3n) is 10.0. The first-order valence-corrected chi connectivity index (χ1v) is 19.2. The van der Waals surface area contributed by atoms with E-state index in [1.165, 1.54) is 25.7 Å². The molecular weight excluding hydrogens is 714 g/mol. The lowest BCUT2D eigenvalue weighted by Gasteiger charge is -2.17. The van der Waals surface area contributed by atoms with Crippen molar-refractivity contribution in [3.05, 3.63) is 90.0 Å². The Bertz CT molecular complexity index is 2030. The van der Waals surface area contributed by atoms with E-state index in [2.05, 4.69) is 26.3 Å². The maximum atomic E-state index is 14.1. The molecule has 7 rings (SSSR count). The molecule has 0 spiro atoms. The highest BCUT2D eigenvalue weighted by molar-refractivity contribution is 5.88. The van der Waals surface area contributed by atoms with Gasteiger partial charge in [0.1, 0.15) is 60.0 Å². The van der Waals surface area contributed by atoms with Crippen LogP contribution in [0.1, 0.15) is 56.7 Å². The summed E-state index contributed by atoms with van der Waals surface area (Å²) in [5.74, 6) is 1.02. The number of alkyl halides is 3. The van der Waals surface area contributed by atoms with E-state index in [4.69, 9.17) is 23.9 Å². The third kappa shape index (κ3) is 9.68. The average Bonchev–Trinajstić information content (AvgIpc) is 3.97. The summed E-state index contributed by atoms with van der Waals surface area (Å²) in [6.07, 6.45) is 3.44. The van der Waals surface area contributed by atoms with Gasteiger partial charge < -0.3 is 23.5 Å². The van der Waals surface area contributed by atoms with Crippen LogP contribution in [0, 0.1) is 5.82 Å². The number of aryl methyl sites for hydroxylation is 1. The average molecular weight is 762 g/mol. The third-order valence-corrected chi connectivity index (χ3v) is 10.0. The number of unbranched alkanes of at least 4 members (excludes halogenated alkanes) is 1. The van der Waals surface area contributed by atoms with Crippen LogP contribution in [0.2, 0.25) is 0 Å². The van der Waals surface area contributed by atoms with Gasteiger partial charge in [-0.05, 0) is 101 Å². The molecule has 2 aliphatic rings. The van der Waals surface area contributed by atoms with Crippen molar-refractivity contribution in [1.82, 2.24) is 24.3 Å². The maximum Gasteiger partial charge on any atom is 0.419 e. The van der Waals surface area contributed by atoms with E-state index in [0.717, 1.165) is 69.8 Å². The summed E-state index contributed by atoms with van der Waals surface area (Å²) < 4.78 is 81.9. The molecule has 0 saturated carbocycles. The highest BCUT2D eigenvalue weighted by atomic mass is 19.4. The molecule has 2 aliphatic heterocycles. The Morgan fingerprint density at radius 2 is 1.42 bits per heavy atom. The van der Waals surface area contributed by atoms with Crippen LogP contribution in [0.25, 0.3) is 22.4 Å². The molecule has 292 valence electrons. The largest absolute Gasteiger partial charge is 0.492 e. The maximum absolute atomic E-state index is 14.1. The van der Waals surface area contributed by atoms with E-state index in [9.17, 15) is 17.6 Å². The van der Waals surface area contributed by atoms with Crippen molar-refractivity contribution in [1.29, 1.82) is 0 Å². The quantitative estimate of drug-likeness (QED) is 0.0869. The van der Waals surface area contributed by atoms with E-state index in [1.54, 1.807) is 24.4 Å². The fourth-order valence-corrected chi connectivity index (χ4v) is 7.13. The number of imidazole rings is 1. The van der Waals surface area contributed by atoms with Crippen LogP contribution in [0.4, 0.5) is 17.6 Å². The Labute approximate surface area is 318 Å². The molecule has 0 bridgehead atoms. The van der Waals surface area contributed by atoms with Gasteiger partial charge in [0.05, 0.1) is 22.3 Å². The Morgan fingerprint density at radius 3 is 2.11 bits per heavy atom. The minimum absolute atomic E-state index is 0.112. The van der Waals surface area contributed by atoms with Crippen LogP contribution in [0.15, 0.2) is 72.9 Å². The number of hydrogen-bond donors (Lipinski definition) is 0. The number of aromatic nitrogens is 3. The minimum Gasteiger partial charge on any atom is -0.492 e. The van der Waals surface area contributed by atoms with Gasteiger partial charge in [-0.25, -0.2) is 9.37 Å². The van der Waals surface area contributed by atoms with Crippen molar-refractivity contribution < 1.29 is 36.5 Å². The lowest BCUT2D eigenvalue weighted by atomic mass is 10.1. The monoisotopic (exact) mass is 761 g/mol. The van der Waals surface area contributed by atoms with Gasteiger partial charge in [-0.2, -0.15) is 13.2 Å². The molecule has 9 nitrogen and oxygen atoms in total. The number of hydrogen-bond acceptors (Lipinski definition) is 8. The topological polar surface area (TPSA) is 74.1 Å². The van der Waals surface area contributed by atoms with E-state index < -0.39 is 17.6 Å². The van der Waals surface area contributed by atoms with Crippen LogP contribution in [0.5, 0.6) is 28.7 Å². The van der Waals surface area contributed by atoms with Crippen LogP contribution in [0.3, 0.4) is 0 Å². The zero-order chi connectivity index (χ0) is 38.2. The number of likely N-dealkylation sites (tertiary alicyclic amines) is 2. The van der Waals surface area contributed by atoms with E-state index in [0.29, 0.717) is 65.7 Å². The summed E-state index contributed by atoms with van der Waals surface area (Å²) in [7, 11) is 0. The molecule has 2 aromatic heterocycles. The Kier molecular flexibility index (Phi) is 12.4. The molecule has 4 heterocycles. The molecular formula is C42H47F4N5O4. The first kappa shape index (κ1) is 38.4. The number of benzene rings is 3. The fourth-order valence-electron chi connectivity index (χ4n) is 7.13. The number of halogens is 4. The van der Waals surface area contributed by atoms with E-state index in [1.807, 2.05) is 30.3 Å². The van der Waals surface area contributed by atoms with Crippen LogP contribution in [-0.4, -0.2) is 76.8 Å². The molecule has 3 aromatic carbocycles. The lowest BCUT2D eigenvalue weighted by Crippen LogP contribution is -2.25. The summed E-state index contributed by atoms with van der Waals surface area (Å²) in [5.41, 5.74) is 1.47. The molecule has 0 radical (unpaired) electrons. The summed E-state index contributed by atoms with van der Waals surface area (Å²) in [4.78, 5) is 14.4. The molecule has 0 atom stereocenters. The second kappa shape index (κ2) is 17.7. The molecule has 5 aromatic rings. The fraction of sp³-hybridized carbons (Fsp3) is 0.429. The van der Waals surface area contributed by atoms with Crippen molar-refractivity contribution in [2.45, 2.75) is 64.8 Å². The predicted molar refractivity (Wildman–Crippen MR) is 202 cm³/mol. The molecule has 0 amide bonds. The van der Waals surface area contributed by atoms with Gasteiger partial charge in [0, 0.05) is 44.0 Å². The summed E-state index contributed by atoms with van der Waals surface area (Å²) in [6, 6.07) is 17.1. The molecule has 2 saturated heterocycles. The van der Waals surface area contributed by atoms with Crippen molar-refractivity contribution >= 4 is 11.0 Å². The highest BCUT2D eigenvalue weighted by Gasteiger charge is 2.34. The van der Waals surface area contributed by atoms with Gasteiger partial charge >= 0.3 is 6.18 Å². The second-order valence-electron chi connectivity index (χ2n) is 14.0. The van der Waals surface area contributed by atoms with Crippen molar-refractivity contribution in [3.8, 4) is 40.1 Å². The van der Waals surface area contributed by atoms with E-state index >= 15 is 0 Å². The van der Waals surface area contributed by atoms with Gasteiger partial charge in [-0.1, -0.05) is 19.4 Å². The summed E-state index contributed by atoms with van der Waals surface area (Å²) in [6.45, 7) is 9.95. The second-order valence-corrected chi connectivity index (χ2v) is 14.0. The van der Waals surface area contributed by atoms with Gasteiger partial charge in [-0.15, -0.1) is 0 Å². The minimum atomic E-state index is -4.88. The van der Waals surface area contributed by atoms with Crippen LogP contribution in [-0.2, 0) is 19.3 Å². The highest BCUT2D eigenvalue weighted by Crippen LogP contribution is 2.41. The Morgan fingerprint density at radius 1 is 0.727 bits per heavy atom. The number of nitrogens with zero attached hydrogens (tertiary/aromatic N) is 5.